The zero-order valence-corrected chi connectivity index (χ0v) is 10.7. The van der Waals surface area contributed by atoms with Crippen LogP contribution >= 0.6 is 0 Å². The van der Waals surface area contributed by atoms with Crippen LogP contribution in [-0.4, -0.2) is 5.91 Å². The molecule has 1 heterocycles. The quantitative estimate of drug-likeness (QED) is 0.658. The summed E-state index contributed by atoms with van der Waals surface area (Å²) in [5, 5.41) is 0. The summed E-state index contributed by atoms with van der Waals surface area (Å²) in [6.07, 6.45) is 4.94. The summed E-state index contributed by atoms with van der Waals surface area (Å²) in [5.41, 5.74) is 6.94. The zero-order valence-electron chi connectivity index (χ0n) is 9.92. The van der Waals surface area contributed by atoms with Crippen LogP contribution in [0.4, 0.5) is 0 Å². The van der Waals surface area contributed by atoms with E-state index in [0.717, 1.165) is 18.5 Å². The molecule has 0 radical (unpaired) electrons. The van der Waals surface area contributed by atoms with Gasteiger partial charge in [0.05, 0.1) is 0 Å². The number of amides is 1. The number of rotatable bonds is 4. The normalized spacial score (nSPS) is 9.56. The number of hydrogen-bond acceptors (Lipinski definition) is 1. The summed E-state index contributed by atoms with van der Waals surface area (Å²) in [6, 6.07) is 13.5. The predicted molar refractivity (Wildman–Crippen MR) is 65.3 cm³/mol. The van der Waals surface area contributed by atoms with Crippen molar-refractivity contribution in [2.45, 2.75) is 13.0 Å². The minimum absolute atomic E-state index is 0. The number of aryl methyl sites for hydroxylation is 2. The first-order valence-electron chi connectivity index (χ1n) is 5.58. The van der Waals surface area contributed by atoms with E-state index in [1.165, 1.54) is 0 Å². The summed E-state index contributed by atoms with van der Waals surface area (Å²) in [7, 11) is 0. The Morgan fingerprint density at radius 1 is 1.11 bits per heavy atom. The van der Waals surface area contributed by atoms with Gasteiger partial charge in [0.1, 0.15) is 0 Å². The second-order valence-corrected chi connectivity index (χ2v) is 3.93. The molecule has 0 saturated carbocycles. The van der Waals surface area contributed by atoms with Crippen LogP contribution in [-0.2, 0) is 13.0 Å². The smallest absolute Gasteiger partial charge is 0.248 e. The summed E-state index contributed by atoms with van der Waals surface area (Å²) >= 11 is 0. The first-order chi connectivity index (χ1) is 8.25. The van der Waals surface area contributed by atoms with E-state index in [2.05, 4.69) is 4.57 Å². The van der Waals surface area contributed by atoms with Crippen LogP contribution in [0.2, 0.25) is 0 Å². The molecule has 2 rings (SSSR count). The Kier molecular flexibility index (Phi) is 5.33. The Hall–Kier alpha value is -1.87. The van der Waals surface area contributed by atoms with E-state index >= 15 is 0 Å². The average Bonchev–Trinajstić information content (AvgIpc) is 2.38. The Morgan fingerprint density at radius 2 is 1.83 bits per heavy atom. The van der Waals surface area contributed by atoms with E-state index in [4.69, 9.17) is 5.73 Å². The number of halogens is 1. The Balaban J connectivity index is 0.00000162. The van der Waals surface area contributed by atoms with Crippen LogP contribution in [0.15, 0.2) is 54.9 Å². The third-order valence-corrected chi connectivity index (χ3v) is 2.65. The van der Waals surface area contributed by atoms with E-state index in [-0.39, 0.29) is 18.3 Å². The van der Waals surface area contributed by atoms with Crippen molar-refractivity contribution in [1.29, 1.82) is 0 Å². The number of nitrogens with two attached hydrogens (primary N) is 1. The highest BCUT2D eigenvalue weighted by Gasteiger charge is 2.03. The number of carbonyl (C=O) groups is 1. The molecule has 18 heavy (non-hydrogen) atoms. The highest BCUT2D eigenvalue weighted by atomic mass is 35.5. The molecule has 0 unspecified atom stereocenters. The molecule has 0 bridgehead atoms. The number of nitrogens with zero attached hydrogens (tertiary/aromatic N) is 1. The zero-order chi connectivity index (χ0) is 12.1. The third kappa shape index (κ3) is 3.86. The van der Waals surface area contributed by atoms with Crippen molar-refractivity contribution in [3.63, 3.8) is 0 Å². The largest absolute Gasteiger partial charge is 1.00 e. The van der Waals surface area contributed by atoms with Gasteiger partial charge in [-0.1, -0.05) is 18.2 Å². The van der Waals surface area contributed by atoms with Gasteiger partial charge in [-0.15, -0.1) is 0 Å². The van der Waals surface area contributed by atoms with Gasteiger partial charge in [0.2, 0.25) is 5.91 Å². The summed E-state index contributed by atoms with van der Waals surface area (Å²) in [6.45, 7) is 0.892. The maximum absolute atomic E-state index is 11.0. The molecule has 0 saturated heterocycles. The molecule has 1 aromatic carbocycles. The molecular formula is C14H15ClN2O. The fourth-order valence-electron chi connectivity index (χ4n) is 1.72. The maximum Gasteiger partial charge on any atom is 0.248 e. The Labute approximate surface area is 113 Å². The van der Waals surface area contributed by atoms with Gasteiger partial charge in [0.15, 0.2) is 18.9 Å². The van der Waals surface area contributed by atoms with Crippen LogP contribution in [0.25, 0.3) is 0 Å². The van der Waals surface area contributed by atoms with Crippen LogP contribution in [0.1, 0.15) is 15.9 Å². The van der Waals surface area contributed by atoms with E-state index < -0.39 is 0 Å². The van der Waals surface area contributed by atoms with E-state index in [1.54, 1.807) is 6.07 Å². The molecule has 1 amide bonds. The van der Waals surface area contributed by atoms with Gasteiger partial charge in [0.25, 0.3) is 0 Å². The van der Waals surface area contributed by atoms with Crippen molar-refractivity contribution in [2.75, 3.05) is 0 Å². The molecule has 4 heteroatoms. The van der Waals surface area contributed by atoms with Gasteiger partial charge in [-0.05, 0) is 17.7 Å². The van der Waals surface area contributed by atoms with Gasteiger partial charge in [0, 0.05) is 24.1 Å². The molecule has 1 aromatic heterocycles. The number of aromatic nitrogens is 1. The molecule has 2 aromatic rings. The van der Waals surface area contributed by atoms with Crippen molar-refractivity contribution in [2.24, 2.45) is 5.73 Å². The topological polar surface area (TPSA) is 47.0 Å². The number of pyridine rings is 1. The van der Waals surface area contributed by atoms with Crippen molar-refractivity contribution < 1.29 is 21.8 Å². The Morgan fingerprint density at radius 3 is 2.50 bits per heavy atom. The van der Waals surface area contributed by atoms with E-state index in [1.807, 2.05) is 48.8 Å². The minimum atomic E-state index is -0.376. The number of hydrogen-bond donors (Lipinski definition) is 1. The molecule has 0 aliphatic carbocycles. The highest BCUT2D eigenvalue weighted by Crippen LogP contribution is 2.05. The van der Waals surface area contributed by atoms with Gasteiger partial charge >= 0.3 is 0 Å². The van der Waals surface area contributed by atoms with Gasteiger partial charge in [-0.25, -0.2) is 4.57 Å². The molecular weight excluding hydrogens is 248 g/mol. The molecule has 0 aliphatic rings. The van der Waals surface area contributed by atoms with Crippen LogP contribution in [0, 0.1) is 0 Å². The van der Waals surface area contributed by atoms with E-state index in [9.17, 15) is 4.79 Å². The number of benzene rings is 1. The fourth-order valence-corrected chi connectivity index (χ4v) is 1.72. The molecule has 2 N–H and O–H groups in total. The van der Waals surface area contributed by atoms with Crippen molar-refractivity contribution in [1.82, 2.24) is 0 Å². The molecule has 3 nitrogen and oxygen atoms in total. The lowest BCUT2D eigenvalue weighted by Gasteiger charge is -2.01. The van der Waals surface area contributed by atoms with Crippen molar-refractivity contribution >= 4 is 5.91 Å². The van der Waals surface area contributed by atoms with Crippen LogP contribution in [0.5, 0.6) is 0 Å². The maximum atomic E-state index is 11.0. The average molecular weight is 263 g/mol. The first-order valence-corrected chi connectivity index (χ1v) is 5.58. The van der Waals surface area contributed by atoms with Gasteiger partial charge in [-0.2, -0.15) is 0 Å². The summed E-state index contributed by atoms with van der Waals surface area (Å²) in [4.78, 5) is 11.0. The predicted octanol–water partition coefficient (Wildman–Crippen LogP) is -1.68. The molecule has 0 atom stereocenters. The van der Waals surface area contributed by atoms with Gasteiger partial charge < -0.3 is 18.1 Å². The van der Waals surface area contributed by atoms with E-state index in [0.29, 0.717) is 5.56 Å². The first kappa shape index (κ1) is 14.2. The fraction of sp³-hybridized carbons (Fsp3) is 0.143. The SMILES string of the molecule is NC(=O)c1cccc(CC[n+]2ccccc2)c1.[Cl-]. The third-order valence-electron chi connectivity index (χ3n) is 2.65. The van der Waals surface area contributed by atoms with Crippen molar-refractivity contribution in [3.05, 3.63) is 66.0 Å². The molecule has 0 spiro atoms. The lowest BCUT2D eigenvalue weighted by atomic mass is 10.1. The minimum Gasteiger partial charge on any atom is -1.00 e. The van der Waals surface area contributed by atoms with Crippen LogP contribution in [0.3, 0.4) is 0 Å². The Bertz CT molecular complexity index is 514. The second kappa shape index (κ2) is 6.77. The highest BCUT2D eigenvalue weighted by molar-refractivity contribution is 5.92. The second-order valence-electron chi connectivity index (χ2n) is 3.93. The lowest BCUT2D eigenvalue weighted by Crippen LogP contribution is -3.00. The molecule has 0 fully saturated rings. The standard InChI is InChI=1S/C14H14N2O.ClH/c15-14(17)13-6-4-5-12(11-13)7-10-16-8-2-1-3-9-16;/h1-6,8-9,11H,7,10H2,(H-,15,17);1H. The monoisotopic (exact) mass is 262 g/mol. The number of carbonyl (C=O) groups excluding carboxylic acids is 1. The number of primary amides is 1. The molecule has 0 aliphatic heterocycles. The lowest BCUT2D eigenvalue weighted by molar-refractivity contribution is -0.696. The molecule has 94 valence electrons. The summed E-state index contributed by atoms with van der Waals surface area (Å²) in [5.74, 6) is -0.376. The van der Waals surface area contributed by atoms with Crippen LogP contribution < -0.4 is 22.7 Å². The van der Waals surface area contributed by atoms with Crippen molar-refractivity contribution in [3.8, 4) is 0 Å². The van der Waals surface area contributed by atoms with Gasteiger partial charge in [-0.3, -0.25) is 4.79 Å². The summed E-state index contributed by atoms with van der Waals surface area (Å²) < 4.78 is 2.11.